The number of unbranched alkanes of at least 4 members (excludes halogenated alkanes) is 1. The summed E-state index contributed by atoms with van der Waals surface area (Å²) in [6.45, 7) is 12.9. The van der Waals surface area contributed by atoms with Crippen molar-refractivity contribution in [1.29, 1.82) is 0 Å². The molecule has 0 N–H and O–H groups in total. The average Bonchev–Trinajstić information content (AvgIpc) is 2.66. The summed E-state index contributed by atoms with van der Waals surface area (Å²) < 4.78 is 21.4. The Bertz CT molecular complexity index is 405. The minimum absolute atomic E-state index is 0.201. The minimum Gasteiger partial charge on any atom is -0.466 e. The van der Waals surface area contributed by atoms with E-state index in [0.29, 0.717) is 65.2 Å². The van der Waals surface area contributed by atoms with E-state index in [1.54, 1.807) is 0 Å². The highest BCUT2D eigenvalue weighted by atomic mass is 16.5. The Hall–Kier alpha value is -1.22. The van der Waals surface area contributed by atoms with Gasteiger partial charge in [-0.05, 0) is 54.6 Å². The van der Waals surface area contributed by atoms with Crippen LogP contribution in [0.3, 0.4) is 0 Å². The summed E-state index contributed by atoms with van der Waals surface area (Å²) >= 11 is 0. The summed E-state index contributed by atoms with van der Waals surface area (Å²) in [5, 5.41) is 0. The number of hydrogen-bond donors (Lipinski definition) is 0. The molecule has 0 aliphatic heterocycles. The quantitative estimate of drug-likeness (QED) is 0.227. The number of nitrogens with zero attached hydrogens (tertiary/aromatic N) is 2. The molecule has 0 radical (unpaired) electrons. The van der Waals surface area contributed by atoms with E-state index in [-0.39, 0.29) is 24.1 Å². The minimum atomic E-state index is -0.201. The smallest absolute Gasteiger partial charge is 0.307 e. The Labute approximate surface area is 183 Å². The van der Waals surface area contributed by atoms with Gasteiger partial charge in [0.1, 0.15) is 0 Å². The Morgan fingerprint density at radius 3 is 1.33 bits per heavy atom. The van der Waals surface area contributed by atoms with Gasteiger partial charge in [0, 0.05) is 26.2 Å². The fourth-order valence-electron chi connectivity index (χ4n) is 2.40. The molecule has 0 aromatic heterocycles. The van der Waals surface area contributed by atoms with E-state index < -0.39 is 0 Å². The van der Waals surface area contributed by atoms with Crippen LogP contribution in [-0.4, -0.2) is 101 Å². The van der Waals surface area contributed by atoms with Crippen LogP contribution in [0.25, 0.3) is 0 Å². The van der Waals surface area contributed by atoms with Crippen molar-refractivity contribution in [2.24, 2.45) is 0 Å². The van der Waals surface area contributed by atoms with Crippen LogP contribution in [0.4, 0.5) is 0 Å². The topological polar surface area (TPSA) is 77.5 Å². The summed E-state index contributed by atoms with van der Waals surface area (Å²) in [5.41, 5.74) is 0. The number of esters is 2. The van der Waals surface area contributed by atoms with Crippen LogP contribution in [0.2, 0.25) is 0 Å². The molecule has 0 unspecified atom stereocenters. The zero-order chi connectivity index (χ0) is 22.8. The average molecular weight is 433 g/mol. The second-order valence-corrected chi connectivity index (χ2v) is 8.09. The standard InChI is InChI=1S/C22H44N2O6/c1-19(2)27-17-13-23(5)11-9-21(25)29-15-7-8-16-30-22(26)10-12-24(6)14-18-28-20(3)4/h19-20H,7-18H2,1-6H3. The zero-order valence-electron chi connectivity index (χ0n) is 20.0. The van der Waals surface area contributed by atoms with Gasteiger partial charge in [-0.3, -0.25) is 9.59 Å². The fraction of sp³-hybridized carbons (Fsp3) is 0.909. The monoisotopic (exact) mass is 432 g/mol. The summed E-state index contributed by atoms with van der Waals surface area (Å²) in [7, 11) is 3.92. The zero-order valence-corrected chi connectivity index (χ0v) is 20.0. The molecule has 0 amide bonds. The molecule has 178 valence electrons. The van der Waals surface area contributed by atoms with Crippen LogP contribution in [0.5, 0.6) is 0 Å². The summed E-state index contributed by atoms with van der Waals surface area (Å²) in [5.74, 6) is -0.402. The molecule has 0 heterocycles. The van der Waals surface area contributed by atoms with Crippen molar-refractivity contribution in [2.45, 2.75) is 65.6 Å². The number of likely N-dealkylation sites (N-methyl/N-ethyl adjacent to an activating group) is 2. The SMILES string of the molecule is CC(C)OCCN(C)CCC(=O)OCCCCOC(=O)CCN(C)CCOC(C)C. The van der Waals surface area contributed by atoms with E-state index >= 15 is 0 Å². The molecule has 0 spiro atoms. The third-order valence-electron chi connectivity index (χ3n) is 4.31. The molecule has 8 nitrogen and oxygen atoms in total. The molecule has 8 heteroatoms. The lowest BCUT2D eigenvalue weighted by atomic mass is 10.3. The predicted molar refractivity (Wildman–Crippen MR) is 118 cm³/mol. The van der Waals surface area contributed by atoms with Crippen LogP contribution in [0, 0.1) is 0 Å². The van der Waals surface area contributed by atoms with Crippen molar-refractivity contribution in [2.75, 3.05) is 66.7 Å². The molecular weight excluding hydrogens is 388 g/mol. The maximum absolute atomic E-state index is 11.8. The predicted octanol–water partition coefficient (Wildman–Crippen LogP) is 2.35. The highest BCUT2D eigenvalue weighted by molar-refractivity contribution is 5.69. The van der Waals surface area contributed by atoms with Crippen molar-refractivity contribution in [3.05, 3.63) is 0 Å². The van der Waals surface area contributed by atoms with Gasteiger partial charge in [0.15, 0.2) is 0 Å². The van der Waals surface area contributed by atoms with Crippen molar-refractivity contribution in [3.8, 4) is 0 Å². The molecule has 0 aromatic carbocycles. The van der Waals surface area contributed by atoms with Crippen LogP contribution >= 0.6 is 0 Å². The van der Waals surface area contributed by atoms with E-state index in [1.807, 2.05) is 41.8 Å². The van der Waals surface area contributed by atoms with Crippen LogP contribution in [0.1, 0.15) is 53.4 Å². The van der Waals surface area contributed by atoms with Gasteiger partial charge in [-0.2, -0.15) is 0 Å². The second-order valence-electron chi connectivity index (χ2n) is 8.09. The molecule has 0 saturated heterocycles. The van der Waals surface area contributed by atoms with Gasteiger partial charge in [0.25, 0.3) is 0 Å². The number of carbonyl (C=O) groups is 2. The van der Waals surface area contributed by atoms with Gasteiger partial charge >= 0.3 is 11.9 Å². The van der Waals surface area contributed by atoms with E-state index in [9.17, 15) is 9.59 Å². The van der Waals surface area contributed by atoms with E-state index in [4.69, 9.17) is 18.9 Å². The normalized spacial score (nSPS) is 11.7. The van der Waals surface area contributed by atoms with E-state index in [2.05, 4.69) is 9.80 Å². The Balaban J connectivity index is 3.54. The number of hydrogen-bond acceptors (Lipinski definition) is 8. The molecule has 0 aliphatic carbocycles. The molecule has 0 saturated carbocycles. The molecule has 0 bridgehead atoms. The van der Waals surface area contributed by atoms with Gasteiger partial charge in [-0.25, -0.2) is 0 Å². The molecule has 0 fully saturated rings. The Morgan fingerprint density at radius 2 is 1.00 bits per heavy atom. The van der Waals surface area contributed by atoms with Gasteiger partial charge in [-0.15, -0.1) is 0 Å². The Morgan fingerprint density at radius 1 is 0.633 bits per heavy atom. The van der Waals surface area contributed by atoms with Crippen LogP contribution in [-0.2, 0) is 28.5 Å². The highest BCUT2D eigenvalue weighted by Gasteiger charge is 2.08. The summed E-state index contributed by atoms with van der Waals surface area (Å²) in [4.78, 5) is 27.6. The maximum atomic E-state index is 11.8. The van der Waals surface area contributed by atoms with Crippen molar-refractivity contribution < 1.29 is 28.5 Å². The number of rotatable bonds is 19. The molecular formula is C22H44N2O6. The van der Waals surface area contributed by atoms with Gasteiger partial charge in [-0.1, -0.05) is 0 Å². The first kappa shape index (κ1) is 28.8. The number of carbonyl (C=O) groups excluding carboxylic acids is 2. The number of ether oxygens (including phenoxy) is 4. The lowest BCUT2D eigenvalue weighted by Crippen LogP contribution is -2.27. The maximum Gasteiger partial charge on any atom is 0.307 e. The third-order valence-corrected chi connectivity index (χ3v) is 4.31. The third kappa shape index (κ3) is 20.1. The van der Waals surface area contributed by atoms with Crippen molar-refractivity contribution >= 4 is 11.9 Å². The molecule has 0 rings (SSSR count). The Kier molecular flexibility index (Phi) is 17.8. The first-order valence-electron chi connectivity index (χ1n) is 11.1. The lowest BCUT2D eigenvalue weighted by Gasteiger charge is -2.17. The van der Waals surface area contributed by atoms with Crippen molar-refractivity contribution in [1.82, 2.24) is 9.80 Å². The lowest BCUT2D eigenvalue weighted by molar-refractivity contribution is -0.146. The summed E-state index contributed by atoms with van der Waals surface area (Å²) in [6, 6.07) is 0. The molecule has 0 atom stereocenters. The van der Waals surface area contributed by atoms with Gasteiger partial charge in [0.05, 0.1) is 51.5 Å². The second kappa shape index (κ2) is 18.5. The largest absolute Gasteiger partial charge is 0.466 e. The first-order chi connectivity index (χ1) is 14.2. The highest BCUT2D eigenvalue weighted by Crippen LogP contribution is 1.98. The van der Waals surface area contributed by atoms with Crippen molar-refractivity contribution in [3.63, 3.8) is 0 Å². The summed E-state index contributed by atoms with van der Waals surface area (Å²) in [6.07, 6.45) is 2.54. The van der Waals surface area contributed by atoms with Crippen LogP contribution < -0.4 is 0 Å². The first-order valence-corrected chi connectivity index (χ1v) is 11.1. The molecule has 0 aliphatic rings. The molecule has 0 aromatic rings. The van der Waals surface area contributed by atoms with Gasteiger partial charge in [0.2, 0.25) is 0 Å². The fourth-order valence-corrected chi connectivity index (χ4v) is 2.40. The van der Waals surface area contributed by atoms with E-state index in [0.717, 1.165) is 13.1 Å². The van der Waals surface area contributed by atoms with Crippen LogP contribution in [0.15, 0.2) is 0 Å². The van der Waals surface area contributed by atoms with Gasteiger partial charge < -0.3 is 28.7 Å². The van der Waals surface area contributed by atoms with E-state index in [1.165, 1.54) is 0 Å². The molecule has 30 heavy (non-hydrogen) atoms.